The van der Waals surface area contributed by atoms with Crippen LogP contribution in [0.25, 0.3) is 0 Å². The molecule has 0 amide bonds. The highest BCUT2D eigenvalue weighted by Gasteiger charge is 2.44. The van der Waals surface area contributed by atoms with Gasteiger partial charge in [0.1, 0.15) is 0 Å². The number of hydrogen-bond donors (Lipinski definition) is 2. The van der Waals surface area contributed by atoms with E-state index in [9.17, 15) is 13.2 Å². The second kappa shape index (κ2) is 7.02. The van der Waals surface area contributed by atoms with Crippen molar-refractivity contribution in [1.29, 1.82) is 0 Å². The van der Waals surface area contributed by atoms with Crippen molar-refractivity contribution < 1.29 is 26.1 Å². The van der Waals surface area contributed by atoms with E-state index in [0.717, 1.165) is 6.42 Å². The van der Waals surface area contributed by atoms with E-state index in [-0.39, 0.29) is 0 Å². The first-order chi connectivity index (χ1) is 9.54. The fraction of sp³-hybridized carbons (Fsp3) is 0.538. The summed E-state index contributed by atoms with van der Waals surface area (Å²) < 4.78 is 57.8. The van der Waals surface area contributed by atoms with Crippen LogP contribution < -0.4 is 0 Å². The van der Waals surface area contributed by atoms with Gasteiger partial charge in [-0.15, -0.1) is 0 Å². The van der Waals surface area contributed by atoms with Gasteiger partial charge in [0, 0.05) is 4.75 Å². The third kappa shape index (κ3) is 6.27. The van der Waals surface area contributed by atoms with Crippen molar-refractivity contribution in [3.8, 4) is 0 Å². The Morgan fingerprint density at radius 2 is 1.57 bits per heavy atom. The molecular weight excluding hydrogens is 325 g/mol. The van der Waals surface area contributed by atoms with Crippen molar-refractivity contribution in [2.75, 3.05) is 0 Å². The number of rotatable bonds is 2. The van der Waals surface area contributed by atoms with Crippen LogP contribution in [0.2, 0.25) is 0 Å². The van der Waals surface area contributed by atoms with Gasteiger partial charge in [-0.25, -0.2) is 0 Å². The van der Waals surface area contributed by atoms with Crippen LogP contribution >= 0.6 is 12.6 Å². The maximum atomic E-state index is 10.7. The molecule has 1 saturated carbocycles. The predicted octanol–water partition coefficient (Wildman–Crippen LogP) is 3.87. The van der Waals surface area contributed by atoms with Crippen LogP contribution in [0.15, 0.2) is 30.3 Å². The van der Waals surface area contributed by atoms with Crippen molar-refractivity contribution in [2.45, 2.75) is 42.4 Å². The summed E-state index contributed by atoms with van der Waals surface area (Å²) in [5.41, 5.74) is -4.10. The third-order valence-electron chi connectivity index (χ3n) is 3.20. The predicted molar refractivity (Wildman–Crippen MR) is 77.9 cm³/mol. The van der Waals surface area contributed by atoms with Gasteiger partial charge in [-0.2, -0.15) is 34.2 Å². The average molecular weight is 342 g/mol. The maximum absolute atomic E-state index is 10.7. The molecular formula is C13H17F3O3S2. The van der Waals surface area contributed by atoms with E-state index >= 15 is 0 Å². The smallest absolute Gasteiger partial charge is 0.279 e. The van der Waals surface area contributed by atoms with Crippen LogP contribution in [0, 0.1) is 0 Å². The Morgan fingerprint density at radius 3 is 1.95 bits per heavy atom. The van der Waals surface area contributed by atoms with Crippen LogP contribution in [-0.4, -0.2) is 23.2 Å². The lowest BCUT2D eigenvalue weighted by atomic mass is 9.97. The highest BCUT2D eigenvalue weighted by molar-refractivity contribution is 7.86. The van der Waals surface area contributed by atoms with Crippen LogP contribution in [0.1, 0.15) is 31.2 Å². The van der Waals surface area contributed by atoms with Crippen molar-refractivity contribution >= 4 is 22.7 Å². The summed E-state index contributed by atoms with van der Waals surface area (Å²) in [5, 5.41) is 0. The van der Waals surface area contributed by atoms with E-state index < -0.39 is 15.6 Å². The molecule has 21 heavy (non-hydrogen) atoms. The SMILES string of the molecule is O=S(=O)(O)C(F)(F)F.SC1(Cc2ccccc2)CCCC1. The van der Waals surface area contributed by atoms with Gasteiger partial charge >= 0.3 is 15.6 Å². The van der Waals surface area contributed by atoms with Crippen molar-refractivity contribution in [3.05, 3.63) is 35.9 Å². The summed E-state index contributed by atoms with van der Waals surface area (Å²) in [7, 11) is -5.84. The van der Waals surface area contributed by atoms with Crippen LogP contribution in [-0.2, 0) is 16.5 Å². The molecule has 120 valence electrons. The molecule has 0 saturated heterocycles. The first-order valence-corrected chi connectivity index (χ1v) is 8.22. The Labute approximate surface area is 127 Å². The molecule has 0 aliphatic heterocycles. The first kappa shape index (κ1) is 18.3. The zero-order chi connectivity index (χ0) is 16.1. The molecule has 8 heteroatoms. The molecule has 3 nitrogen and oxygen atoms in total. The van der Waals surface area contributed by atoms with Gasteiger partial charge in [-0.1, -0.05) is 43.2 Å². The Morgan fingerprint density at radius 1 is 1.14 bits per heavy atom. The van der Waals surface area contributed by atoms with Gasteiger partial charge in [0.05, 0.1) is 0 Å². The molecule has 0 heterocycles. The molecule has 1 N–H and O–H groups in total. The average Bonchev–Trinajstić information content (AvgIpc) is 2.75. The quantitative estimate of drug-likeness (QED) is 0.487. The fourth-order valence-electron chi connectivity index (χ4n) is 2.19. The molecule has 0 bridgehead atoms. The molecule has 1 aliphatic carbocycles. The number of benzene rings is 1. The van der Waals surface area contributed by atoms with Crippen molar-refractivity contribution in [3.63, 3.8) is 0 Å². The monoisotopic (exact) mass is 342 g/mol. The number of hydrogen-bond acceptors (Lipinski definition) is 3. The lowest BCUT2D eigenvalue weighted by molar-refractivity contribution is -0.0510. The molecule has 1 fully saturated rings. The van der Waals surface area contributed by atoms with Gasteiger partial charge in [0.15, 0.2) is 0 Å². The third-order valence-corrected chi connectivity index (χ3v) is 4.39. The zero-order valence-corrected chi connectivity index (χ0v) is 12.9. The molecule has 1 aromatic rings. The topological polar surface area (TPSA) is 54.4 Å². The summed E-state index contributed by atoms with van der Waals surface area (Å²) in [4.78, 5) is 0. The first-order valence-electron chi connectivity index (χ1n) is 6.34. The second-order valence-electron chi connectivity index (χ2n) is 5.01. The Kier molecular flexibility index (Phi) is 6.12. The van der Waals surface area contributed by atoms with E-state index in [4.69, 9.17) is 25.6 Å². The zero-order valence-electron chi connectivity index (χ0n) is 11.2. The normalized spacial score (nSPS) is 18.0. The lowest BCUT2D eigenvalue weighted by Gasteiger charge is -2.22. The minimum absolute atomic E-state index is 0.293. The second-order valence-corrected chi connectivity index (χ2v) is 7.38. The van der Waals surface area contributed by atoms with E-state index in [0.29, 0.717) is 4.75 Å². The molecule has 0 unspecified atom stereocenters. The minimum atomic E-state index is -5.84. The summed E-state index contributed by atoms with van der Waals surface area (Å²) in [6.45, 7) is 0. The van der Waals surface area contributed by atoms with E-state index in [1.54, 1.807) is 0 Å². The summed E-state index contributed by atoms with van der Waals surface area (Å²) in [6.07, 6.45) is 6.42. The van der Waals surface area contributed by atoms with Gasteiger partial charge < -0.3 is 0 Å². The number of halogens is 3. The Balaban J connectivity index is 0.000000240. The van der Waals surface area contributed by atoms with E-state index in [1.165, 1.54) is 31.2 Å². The standard InChI is InChI=1S/C12H16S.CHF3O3S/c13-12(8-4-5-9-12)10-11-6-2-1-3-7-11;2-1(3,4)8(5,6)7/h1-3,6-7,13H,4-5,8-10H2;(H,5,6,7). The largest absolute Gasteiger partial charge is 0.522 e. The van der Waals surface area contributed by atoms with Crippen molar-refractivity contribution in [1.82, 2.24) is 0 Å². The molecule has 0 atom stereocenters. The molecule has 2 rings (SSSR count). The summed E-state index contributed by atoms with van der Waals surface area (Å²) in [6, 6.07) is 10.7. The fourth-order valence-corrected chi connectivity index (χ4v) is 2.68. The van der Waals surface area contributed by atoms with Crippen LogP contribution in [0.5, 0.6) is 0 Å². The minimum Gasteiger partial charge on any atom is -0.279 e. The molecule has 0 spiro atoms. The summed E-state index contributed by atoms with van der Waals surface area (Å²) in [5.74, 6) is 0. The van der Waals surface area contributed by atoms with E-state index in [2.05, 4.69) is 30.3 Å². The van der Waals surface area contributed by atoms with E-state index in [1.807, 2.05) is 0 Å². The Bertz CT molecular complexity index is 536. The van der Waals surface area contributed by atoms with Gasteiger partial charge in [-0.05, 0) is 24.8 Å². The van der Waals surface area contributed by atoms with Gasteiger partial charge in [0.2, 0.25) is 0 Å². The Hall–Kier alpha value is -0.730. The van der Waals surface area contributed by atoms with Crippen molar-refractivity contribution in [2.24, 2.45) is 0 Å². The van der Waals surface area contributed by atoms with Crippen LogP contribution in [0.3, 0.4) is 0 Å². The number of alkyl halides is 3. The molecule has 0 aromatic heterocycles. The summed E-state index contributed by atoms with van der Waals surface area (Å²) >= 11 is 4.79. The highest BCUT2D eigenvalue weighted by Crippen LogP contribution is 2.37. The highest BCUT2D eigenvalue weighted by atomic mass is 32.2. The van der Waals surface area contributed by atoms with Gasteiger partial charge in [-0.3, -0.25) is 4.55 Å². The van der Waals surface area contributed by atoms with Crippen LogP contribution in [0.4, 0.5) is 13.2 Å². The van der Waals surface area contributed by atoms with Gasteiger partial charge in [0.25, 0.3) is 0 Å². The molecule has 0 radical (unpaired) electrons. The molecule has 1 aromatic carbocycles. The number of thiol groups is 1. The maximum Gasteiger partial charge on any atom is 0.522 e. The lowest BCUT2D eigenvalue weighted by Crippen LogP contribution is -2.21. The molecule has 1 aliphatic rings.